The fourth-order valence-electron chi connectivity index (χ4n) is 4.27. The highest BCUT2D eigenvalue weighted by Crippen LogP contribution is 2.34. The van der Waals surface area contributed by atoms with Crippen LogP contribution in [0.4, 0.5) is 4.39 Å². The minimum Gasteiger partial charge on any atom is -0.381 e. The molecule has 0 saturated carbocycles. The number of rotatable bonds is 7. The lowest BCUT2D eigenvalue weighted by Crippen LogP contribution is -2.52. The summed E-state index contributed by atoms with van der Waals surface area (Å²) in [6, 6.07) is 5.14. The van der Waals surface area contributed by atoms with Crippen LogP contribution in [0.15, 0.2) is 18.2 Å². The van der Waals surface area contributed by atoms with Crippen molar-refractivity contribution in [2.45, 2.75) is 19.1 Å². The van der Waals surface area contributed by atoms with Crippen LogP contribution in [0.2, 0.25) is 0 Å². The fourth-order valence-corrected chi connectivity index (χ4v) is 5.41. The Morgan fingerprint density at radius 3 is 2.90 bits per heavy atom. The molecule has 2 atom stereocenters. The van der Waals surface area contributed by atoms with Crippen LogP contribution in [-0.4, -0.2) is 70.0 Å². The van der Waals surface area contributed by atoms with Gasteiger partial charge in [0, 0.05) is 61.0 Å². The molecule has 1 aromatic carbocycles. The minimum atomic E-state index is -0.320. The number of halogens is 1. The van der Waals surface area contributed by atoms with Crippen LogP contribution in [0.25, 0.3) is 10.1 Å². The average Bonchev–Trinajstić information content (AvgIpc) is 3.38. The van der Waals surface area contributed by atoms with Gasteiger partial charge in [-0.3, -0.25) is 9.69 Å². The lowest BCUT2D eigenvalue weighted by atomic mass is 9.96. The molecule has 0 aliphatic carbocycles. The Morgan fingerprint density at radius 2 is 2.17 bits per heavy atom. The molecular weight excluding hydrogens is 395 g/mol. The highest BCUT2D eigenvalue weighted by molar-refractivity contribution is 7.21. The van der Waals surface area contributed by atoms with Crippen molar-refractivity contribution in [2.24, 2.45) is 5.92 Å². The number of morpholine rings is 1. The van der Waals surface area contributed by atoms with Gasteiger partial charge in [-0.2, -0.15) is 0 Å². The number of nitrogens with one attached hydrogen (secondary N) is 1. The molecule has 0 bridgehead atoms. The van der Waals surface area contributed by atoms with Crippen molar-refractivity contribution in [1.82, 2.24) is 10.2 Å². The average molecular weight is 423 g/mol. The Morgan fingerprint density at radius 1 is 1.34 bits per heavy atom. The van der Waals surface area contributed by atoms with Gasteiger partial charge in [0.2, 0.25) is 0 Å². The van der Waals surface area contributed by atoms with Gasteiger partial charge in [-0.15, -0.1) is 11.3 Å². The van der Waals surface area contributed by atoms with Gasteiger partial charge in [0.1, 0.15) is 5.82 Å². The lowest BCUT2D eigenvalue weighted by molar-refractivity contribution is 0.00167. The zero-order valence-corrected chi connectivity index (χ0v) is 17.4. The van der Waals surface area contributed by atoms with Crippen molar-refractivity contribution in [3.05, 3.63) is 34.5 Å². The van der Waals surface area contributed by atoms with E-state index in [1.54, 1.807) is 13.2 Å². The molecule has 2 aliphatic heterocycles. The summed E-state index contributed by atoms with van der Waals surface area (Å²) in [6.45, 7) is 5.38. The first kappa shape index (κ1) is 20.7. The van der Waals surface area contributed by atoms with Gasteiger partial charge in [-0.1, -0.05) is 6.07 Å². The number of benzene rings is 1. The summed E-state index contributed by atoms with van der Waals surface area (Å²) >= 11 is 1.32. The third kappa shape index (κ3) is 4.46. The van der Waals surface area contributed by atoms with E-state index in [1.165, 1.54) is 17.4 Å². The van der Waals surface area contributed by atoms with Gasteiger partial charge < -0.3 is 19.5 Å². The Hall–Kier alpha value is -1.58. The molecule has 2 aliphatic rings. The Kier molecular flexibility index (Phi) is 6.77. The largest absolute Gasteiger partial charge is 0.381 e. The first-order valence-corrected chi connectivity index (χ1v) is 10.9. The van der Waals surface area contributed by atoms with E-state index in [9.17, 15) is 9.18 Å². The van der Waals surface area contributed by atoms with E-state index in [0.29, 0.717) is 41.5 Å². The molecule has 2 saturated heterocycles. The summed E-state index contributed by atoms with van der Waals surface area (Å²) in [7, 11) is 1.56. The standard InChI is InChI=1S/C21H27FN2O4S/c1-26-13-15-19-16(22)3-2-4-18(19)29-20(15)21(25)23-11-17(14-5-8-28-12-14)24-6-9-27-10-7-24/h2-4,14,17H,5-13H2,1H3,(H,23,25). The topological polar surface area (TPSA) is 60.0 Å². The van der Waals surface area contributed by atoms with Crippen LogP contribution in [0.3, 0.4) is 0 Å². The van der Waals surface area contributed by atoms with E-state index in [-0.39, 0.29) is 24.4 Å². The molecule has 6 nitrogen and oxygen atoms in total. The molecular formula is C21H27FN2O4S. The molecule has 1 aromatic heterocycles. The maximum Gasteiger partial charge on any atom is 0.261 e. The number of hydrogen-bond acceptors (Lipinski definition) is 6. The number of carbonyl (C=O) groups is 1. The summed E-state index contributed by atoms with van der Waals surface area (Å²) < 4.78 is 31.5. The van der Waals surface area contributed by atoms with Gasteiger partial charge in [-0.25, -0.2) is 4.39 Å². The molecule has 1 N–H and O–H groups in total. The molecule has 0 spiro atoms. The molecule has 1 amide bonds. The smallest absolute Gasteiger partial charge is 0.261 e. The quantitative estimate of drug-likeness (QED) is 0.744. The van der Waals surface area contributed by atoms with Crippen LogP contribution in [0.1, 0.15) is 21.7 Å². The predicted octanol–water partition coefficient (Wildman–Crippen LogP) is 2.65. The zero-order valence-electron chi connectivity index (χ0n) is 16.6. The number of methoxy groups -OCH3 is 1. The summed E-state index contributed by atoms with van der Waals surface area (Å²) in [4.78, 5) is 16.0. The van der Waals surface area contributed by atoms with E-state index in [0.717, 1.165) is 37.4 Å². The molecule has 2 unspecified atom stereocenters. The number of hydrogen-bond donors (Lipinski definition) is 1. The second kappa shape index (κ2) is 9.49. The number of thiophene rings is 1. The van der Waals surface area contributed by atoms with E-state index in [4.69, 9.17) is 14.2 Å². The van der Waals surface area contributed by atoms with Crippen molar-refractivity contribution in [3.8, 4) is 0 Å². The summed E-state index contributed by atoms with van der Waals surface area (Å²) in [5.41, 5.74) is 0.621. The summed E-state index contributed by atoms with van der Waals surface area (Å²) in [6.07, 6.45) is 1.00. The lowest BCUT2D eigenvalue weighted by Gasteiger charge is -2.37. The van der Waals surface area contributed by atoms with Crippen molar-refractivity contribution in [3.63, 3.8) is 0 Å². The Bertz CT molecular complexity index is 847. The number of fused-ring (bicyclic) bond motifs is 1. The third-order valence-electron chi connectivity index (χ3n) is 5.75. The van der Waals surface area contributed by atoms with E-state index in [1.807, 2.05) is 6.07 Å². The summed E-state index contributed by atoms with van der Waals surface area (Å²) in [5.74, 6) is -0.0966. The van der Waals surface area contributed by atoms with Crippen LogP contribution >= 0.6 is 11.3 Å². The third-order valence-corrected chi connectivity index (χ3v) is 6.95. The molecule has 0 radical (unpaired) electrons. The van der Waals surface area contributed by atoms with Gasteiger partial charge in [0.05, 0.1) is 31.3 Å². The van der Waals surface area contributed by atoms with Crippen LogP contribution < -0.4 is 5.32 Å². The normalized spacial score (nSPS) is 21.5. The molecule has 158 valence electrons. The van der Waals surface area contributed by atoms with Crippen molar-refractivity contribution in [1.29, 1.82) is 0 Å². The van der Waals surface area contributed by atoms with Crippen LogP contribution in [0, 0.1) is 11.7 Å². The van der Waals surface area contributed by atoms with Crippen molar-refractivity contribution in [2.75, 3.05) is 53.2 Å². The molecule has 2 fully saturated rings. The molecule has 29 heavy (non-hydrogen) atoms. The predicted molar refractivity (Wildman–Crippen MR) is 110 cm³/mol. The van der Waals surface area contributed by atoms with Crippen LogP contribution in [-0.2, 0) is 20.8 Å². The van der Waals surface area contributed by atoms with Crippen LogP contribution in [0.5, 0.6) is 0 Å². The number of amides is 1. The van der Waals surface area contributed by atoms with E-state index < -0.39 is 0 Å². The highest BCUT2D eigenvalue weighted by Gasteiger charge is 2.32. The SMILES string of the molecule is COCc1c(C(=O)NCC(C2CCOC2)N2CCOCC2)sc2cccc(F)c12. The fraction of sp³-hybridized carbons (Fsp3) is 0.571. The molecule has 4 rings (SSSR count). The maximum atomic E-state index is 14.4. The monoisotopic (exact) mass is 422 g/mol. The molecule has 3 heterocycles. The Labute approximate surface area is 173 Å². The minimum absolute atomic E-state index is 0.171. The van der Waals surface area contributed by atoms with Crippen molar-refractivity contribution < 1.29 is 23.4 Å². The van der Waals surface area contributed by atoms with E-state index in [2.05, 4.69) is 10.2 Å². The number of ether oxygens (including phenoxy) is 3. The molecule has 2 aromatic rings. The Balaban J connectivity index is 1.53. The first-order chi connectivity index (χ1) is 14.2. The highest BCUT2D eigenvalue weighted by atomic mass is 32.1. The van der Waals surface area contributed by atoms with Gasteiger partial charge in [-0.05, 0) is 18.6 Å². The second-order valence-electron chi connectivity index (χ2n) is 7.51. The summed E-state index contributed by atoms with van der Waals surface area (Å²) in [5, 5.41) is 3.59. The van der Waals surface area contributed by atoms with Gasteiger partial charge in [0.15, 0.2) is 0 Å². The number of nitrogens with zero attached hydrogens (tertiary/aromatic N) is 1. The number of carbonyl (C=O) groups excluding carboxylic acids is 1. The second-order valence-corrected chi connectivity index (χ2v) is 8.56. The maximum absolute atomic E-state index is 14.4. The van der Waals surface area contributed by atoms with Crippen molar-refractivity contribution >= 4 is 27.3 Å². The van der Waals surface area contributed by atoms with E-state index >= 15 is 0 Å². The zero-order chi connectivity index (χ0) is 20.2. The van der Waals surface area contributed by atoms with Gasteiger partial charge >= 0.3 is 0 Å². The first-order valence-electron chi connectivity index (χ1n) is 10.1. The molecule has 8 heteroatoms. The van der Waals surface area contributed by atoms with Gasteiger partial charge in [0.25, 0.3) is 5.91 Å².